The smallest absolute Gasteiger partial charge is 0.334 e. The lowest BCUT2D eigenvalue weighted by atomic mass is 10.3. The molecule has 0 aromatic carbocycles. The Labute approximate surface area is 103 Å². The summed E-state index contributed by atoms with van der Waals surface area (Å²) >= 11 is 0. The van der Waals surface area contributed by atoms with Crippen molar-refractivity contribution < 1.29 is 23.1 Å². The van der Waals surface area contributed by atoms with Crippen molar-refractivity contribution in [3.8, 4) is 0 Å². The van der Waals surface area contributed by atoms with Gasteiger partial charge in [0.2, 0.25) is 0 Å². The quantitative estimate of drug-likeness (QED) is 0.383. The van der Waals surface area contributed by atoms with Crippen molar-refractivity contribution in [1.82, 2.24) is 0 Å². The molecule has 0 fully saturated rings. The zero-order valence-electron chi connectivity index (χ0n) is 10.9. The highest BCUT2D eigenvalue weighted by Crippen LogP contribution is 2.48. The fourth-order valence-corrected chi connectivity index (χ4v) is 2.68. The van der Waals surface area contributed by atoms with Gasteiger partial charge in [-0.15, -0.1) is 0 Å². The normalized spacial score (nSPS) is 12.6. The predicted molar refractivity (Wildman–Crippen MR) is 66.1 cm³/mol. The first-order valence-electron chi connectivity index (χ1n) is 5.71. The number of allylic oxidation sites excluding steroid dienone is 1. The molecule has 0 atom stereocenters. The van der Waals surface area contributed by atoms with E-state index in [1.807, 2.05) is 0 Å². The molecule has 5 nitrogen and oxygen atoms in total. The topological polar surface area (TPSA) is 61.8 Å². The Hall–Kier alpha value is -0.640. The minimum Gasteiger partial charge on any atom is -0.463 e. The molecule has 0 bridgehead atoms. The largest absolute Gasteiger partial charge is 0.463 e. The van der Waals surface area contributed by atoms with Crippen molar-refractivity contribution in [2.24, 2.45) is 0 Å². The maximum Gasteiger partial charge on any atom is 0.334 e. The fraction of sp³-hybridized carbons (Fsp3) is 0.727. The lowest BCUT2D eigenvalue weighted by Crippen LogP contribution is -2.06. The minimum absolute atomic E-state index is 0.0827. The predicted octanol–water partition coefficient (Wildman–Crippen LogP) is 2.76. The van der Waals surface area contributed by atoms with Gasteiger partial charge in [0.25, 0.3) is 0 Å². The second-order valence-electron chi connectivity index (χ2n) is 3.24. The SMILES string of the molecule is CCOC(=O)C(C)=CCP(=O)(OCC)OCC. The fourth-order valence-electron chi connectivity index (χ4n) is 1.11. The van der Waals surface area contributed by atoms with E-state index in [1.54, 1.807) is 27.7 Å². The summed E-state index contributed by atoms with van der Waals surface area (Å²) in [6.07, 6.45) is 1.61. The van der Waals surface area contributed by atoms with Gasteiger partial charge in [0.15, 0.2) is 0 Å². The lowest BCUT2D eigenvalue weighted by molar-refractivity contribution is -0.138. The third-order valence-electron chi connectivity index (χ3n) is 1.87. The van der Waals surface area contributed by atoms with Gasteiger partial charge in [0.1, 0.15) is 0 Å². The summed E-state index contributed by atoms with van der Waals surface area (Å²) in [6, 6.07) is 0. The van der Waals surface area contributed by atoms with E-state index in [0.717, 1.165) is 0 Å². The average Bonchev–Trinajstić information content (AvgIpc) is 2.27. The molecular formula is C11H21O5P. The highest BCUT2D eigenvalue weighted by Gasteiger charge is 2.22. The Balaban J connectivity index is 4.52. The van der Waals surface area contributed by atoms with Crippen LogP contribution >= 0.6 is 7.60 Å². The van der Waals surface area contributed by atoms with Crippen molar-refractivity contribution in [2.45, 2.75) is 27.7 Å². The molecule has 0 aliphatic rings. The van der Waals surface area contributed by atoms with E-state index in [9.17, 15) is 9.36 Å². The van der Waals surface area contributed by atoms with Crippen LogP contribution in [-0.4, -0.2) is 32.0 Å². The Bertz CT molecular complexity index is 301. The summed E-state index contributed by atoms with van der Waals surface area (Å²) in [6.45, 7) is 7.77. The van der Waals surface area contributed by atoms with Crippen LogP contribution in [0.2, 0.25) is 0 Å². The number of carbonyl (C=O) groups is 1. The number of ether oxygens (including phenoxy) is 1. The van der Waals surface area contributed by atoms with E-state index in [1.165, 1.54) is 6.08 Å². The van der Waals surface area contributed by atoms with Gasteiger partial charge in [0.05, 0.1) is 26.0 Å². The Morgan fingerprint density at radius 2 is 1.65 bits per heavy atom. The van der Waals surface area contributed by atoms with E-state index in [4.69, 9.17) is 13.8 Å². The first-order valence-corrected chi connectivity index (χ1v) is 7.43. The highest BCUT2D eigenvalue weighted by molar-refractivity contribution is 7.54. The van der Waals surface area contributed by atoms with Crippen LogP contribution in [0.15, 0.2) is 11.6 Å². The van der Waals surface area contributed by atoms with Crippen LogP contribution < -0.4 is 0 Å². The third-order valence-corrected chi connectivity index (χ3v) is 3.80. The molecule has 0 saturated carbocycles. The number of carbonyl (C=O) groups excluding carboxylic acids is 1. The molecule has 17 heavy (non-hydrogen) atoms. The summed E-state index contributed by atoms with van der Waals surface area (Å²) in [5.74, 6) is -0.410. The molecular weight excluding hydrogens is 243 g/mol. The number of esters is 1. The monoisotopic (exact) mass is 264 g/mol. The molecule has 0 radical (unpaired) electrons. The van der Waals surface area contributed by atoms with E-state index < -0.39 is 13.6 Å². The number of hydrogen-bond acceptors (Lipinski definition) is 5. The zero-order chi connectivity index (χ0) is 13.3. The van der Waals surface area contributed by atoms with Crippen molar-refractivity contribution in [2.75, 3.05) is 26.0 Å². The van der Waals surface area contributed by atoms with Crippen LogP contribution in [0.1, 0.15) is 27.7 Å². The second-order valence-corrected chi connectivity index (χ2v) is 5.34. The van der Waals surface area contributed by atoms with Crippen LogP contribution in [0, 0.1) is 0 Å². The van der Waals surface area contributed by atoms with E-state index in [-0.39, 0.29) is 6.16 Å². The molecule has 0 unspecified atom stereocenters. The minimum atomic E-state index is -3.12. The molecule has 0 aliphatic carbocycles. The van der Waals surface area contributed by atoms with Gasteiger partial charge in [0, 0.05) is 5.57 Å². The Morgan fingerprint density at radius 3 is 2.06 bits per heavy atom. The van der Waals surface area contributed by atoms with Gasteiger partial charge in [-0.2, -0.15) is 0 Å². The summed E-state index contributed by atoms with van der Waals surface area (Å²) < 4.78 is 27.1. The molecule has 0 aliphatic heterocycles. The standard InChI is InChI=1S/C11H21O5P/c1-5-14-11(12)10(4)8-9-17(13,15-6-2)16-7-3/h8H,5-7,9H2,1-4H3. The average molecular weight is 264 g/mol. The first kappa shape index (κ1) is 16.4. The van der Waals surface area contributed by atoms with E-state index >= 15 is 0 Å². The zero-order valence-corrected chi connectivity index (χ0v) is 11.8. The first-order chi connectivity index (χ1) is 7.99. The third kappa shape index (κ3) is 6.61. The molecule has 0 N–H and O–H groups in total. The molecule has 0 aromatic rings. The van der Waals surface area contributed by atoms with Crippen molar-refractivity contribution in [3.63, 3.8) is 0 Å². The number of hydrogen-bond donors (Lipinski definition) is 0. The second kappa shape index (κ2) is 8.45. The summed E-state index contributed by atoms with van der Waals surface area (Å²) in [5.41, 5.74) is 0.409. The summed E-state index contributed by atoms with van der Waals surface area (Å²) in [5, 5.41) is 0. The van der Waals surface area contributed by atoms with E-state index in [0.29, 0.717) is 25.4 Å². The molecule has 0 rings (SSSR count). The maximum absolute atomic E-state index is 12.1. The summed E-state index contributed by atoms with van der Waals surface area (Å²) in [7, 11) is -3.12. The number of rotatable bonds is 8. The van der Waals surface area contributed by atoms with Gasteiger partial charge < -0.3 is 13.8 Å². The van der Waals surface area contributed by atoms with E-state index in [2.05, 4.69) is 0 Å². The lowest BCUT2D eigenvalue weighted by Gasteiger charge is -2.15. The highest BCUT2D eigenvalue weighted by atomic mass is 31.2. The molecule has 0 spiro atoms. The molecule has 6 heteroatoms. The van der Waals surface area contributed by atoms with Gasteiger partial charge in [-0.1, -0.05) is 6.08 Å². The maximum atomic E-state index is 12.1. The van der Waals surface area contributed by atoms with Crippen LogP contribution in [0.3, 0.4) is 0 Å². The Kier molecular flexibility index (Phi) is 8.13. The van der Waals surface area contributed by atoms with Crippen LogP contribution in [0.25, 0.3) is 0 Å². The van der Waals surface area contributed by atoms with Gasteiger partial charge >= 0.3 is 13.6 Å². The molecule has 0 saturated heterocycles. The van der Waals surface area contributed by atoms with Gasteiger partial charge in [-0.25, -0.2) is 4.79 Å². The van der Waals surface area contributed by atoms with Gasteiger partial charge in [-0.05, 0) is 27.7 Å². The molecule has 0 aromatic heterocycles. The van der Waals surface area contributed by atoms with Crippen molar-refractivity contribution >= 4 is 13.6 Å². The van der Waals surface area contributed by atoms with Crippen LogP contribution in [-0.2, 0) is 23.1 Å². The van der Waals surface area contributed by atoms with Crippen LogP contribution in [0.5, 0.6) is 0 Å². The summed E-state index contributed by atoms with van der Waals surface area (Å²) in [4.78, 5) is 11.3. The van der Waals surface area contributed by atoms with Gasteiger partial charge in [-0.3, -0.25) is 4.57 Å². The molecule has 0 heterocycles. The van der Waals surface area contributed by atoms with Crippen molar-refractivity contribution in [3.05, 3.63) is 11.6 Å². The van der Waals surface area contributed by atoms with Crippen molar-refractivity contribution in [1.29, 1.82) is 0 Å². The molecule has 0 amide bonds. The molecule has 100 valence electrons. The Morgan fingerprint density at radius 1 is 1.12 bits per heavy atom. The van der Waals surface area contributed by atoms with Crippen LogP contribution in [0.4, 0.5) is 0 Å².